The summed E-state index contributed by atoms with van der Waals surface area (Å²) in [5, 5.41) is 36.0. The highest BCUT2D eigenvalue weighted by molar-refractivity contribution is 5.97. The van der Waals surface area contributed by atoms with E-state index in [0.29, 0.717) is 62.0 Å². The van der Waals surface area contributed by atoms with Gasteiger partial charge in [0.15, 0.2) is 0 Å². The summed E-state index contributed by atoms with van der Waals surface area (Å²) in [4.78, 5) is 146. The zero-order valence-corrected chi connectivity index (χ0v) is 49.1. The molecule has 0 aliphatic carbocycles. The number of nitrogens with two attached hydrogens (primary N) is 1. The predicted octanol–water partition coefficient (Wildman–Crippen LogP) is 3.04. The molecule has 466 valence electrons. The van der Waals surface area contributed by atoms with Crippen molar-refractivity contribution in [1.29, 1.82) is 0 Å². The van der Waals surface area contributed by atoms with Gasteiger partial charge in [-0.1, -0.05) is 99.5 Å². The third-order valence-corrected chi connectivity index (χ3v) is 14.6. The lowest BCUT2D eigenvalue weighted by Gasteiger charge is -2.32. The molecule has 25 nitrogen and oxygen atoms in total. The minimum absolute atomic E-state index is 0.0493. The number of phenolic OH excluding ortho intramolecular Hbond substituents is 1. The van der Waals surface area contributed by atoms with Crippen molar-refractivity contribution in [3.63, 3.8) is 0 Å². The van der Waals surface area contributed by atoms with E-state index in [2.05, 4.69) is 41.9 Å². The molecule has 1 aliphatic rings. The SMILES string of the molecule is CC[C@H](C)[C@H](NC(=O)[C@H](Cc1ccc(O)cc1)NC(=O)[C@H](CCC(=O)O)NC(=O)CN(C)C(=O)OCc1ccccc1)C(=O)N[C@@H](Cc1cnc[nH]1)C(=O)N1CCC[C@H]1C(=O)N[C@@H](CCCCNC(=O)CCCCCN)C(=O)OCc1ccccc1. The molecule has 1 aromatic heterocycles. The number of carbonyl (C=O) groups excluding carboxylic acids is 9. The number of aliphatic carboxylic acids is 1. The summed E-state index contributed by atoms with van der Waals surface area (Å²) in [6.45, 7) is 3.80. The summed E-state index contributed by atoms with van der Waals surface area (Å²) in [7, 11) is 1.30. The molecule has 5 rings (SSSR count). The van der Waals surface area contributed by atoms with Crippen LogP contribution in [0.5, 0.6) is 5.75 Å². The highest BCUT2D eigenvalue weighted by atomic mass is 16.6. The van der Waals surface area contributed by atoms with Gasteiger partial charge in [-0.15, -0.1) is 0 Å². The fraction of sp³-hybridized carbons (Fsp3) is 0.492. The second kappa shape index (κ2) is 36.1. The van der Waals surface area contributed by atoms with Crippen molar-refractivity contribution < 1.29 is 67.6 Å². The van der Waals surface area contributed by atoms with Crippen molar-refractivity contribution >= 4 is 59.4 Å². The van der Waals surface area contributed by atoms with Gasteiger partial charge in [0.05, 0.1) is 6.33 Å². The molecule has 7 atom stereocenters. The van der Waals surface area contributed by atoms with Crippen LogP contribution >= 0.6 is 0 Å². The lowest BCUT2D eigenvalue weighted by atomic mass is 9.96. The van der Waals surface area contributed by atoms with E-state index in [0.717, 1.165) is 29.7 Å². The Bertz CT molecular complexity index is 2830. The highest BCUT2D eigenvalue weighted by Gasteiger charge is 2.41. The first-order chi connectivity index (χ1) is 41.3. The predicted molar refractivity (Wildman–Crippen MR) is 315 cm³/mol. The topological polar surface area (TPSA) is 363 Å². The summed E-state index contributed by atoms with van der Waals surface area (Å²) >= 11 is 0. The smallest absolute Gasteiger partial charge is 0.410 e. The van der Waals surface area contributed by atoms with Crippen molar-refractivity contribution in [2.75, 3.05) is 33.2 Å². The number of amides is 8. The molecule has 1 aliphatic heterocycles. The molecule has 4 aromatic rings. The number of nitrogens with zero attached hydrogens (tertiary/aromatic N) is 3. The fourth-order valence-electron chi connectivity index (χ4n) is 9.51. The van der Waals surface area contributed by atoms with Crippen molar-refractivity contribution in [1.82, 2.24) is 51.7 Å². The number of ether oxygens (including phenoxy) is 2. The molecule has 2 heterocycles. The van der Waals surface area contributed by atoms with Gasteiger partial charge in [0, 0.05) is 57.7 Å². The van der Waals surface area contributed by atoms with Gasteiger partial charge in [-0.25, -0.2) is 14.6 Å². The number of aromatic amines is 1. The summed E-state index contributed by atoms with van der Waals surface area (Å²) in [6, 6.07) is 15.7. The van der Waals surface area contributed by atoms with E-state index < -0.39 is 115 Å². The van der Waals surface area contributed by atoms with E-state index in [1.165, 1.54) is 48.7 Å². The van der Waals surface area contributed by atoms with Crippen LogP contribution in [0.2, 0.25) is 0 Å². The molecule has 11 N–H and O–H groups in total. The van der Waals surface area contributed by atoms with Gasteiger partial charge in [-0.3, -0.25) is 38.4 Å². The second-order valence-corrected chi connectivity index (χ2v) is 21.4. The number of nitrogens with one attached hydrogen (secondary N) is 7. The van der Waals surface area contributed by atoms with E-state index in [9.17, 15) is 58.2 Å². The maximum atomic E-state index is 14.9. The first-order valence-electron chi connectivity index (χ1n) is 29.2. The van der Waals surface area contributed by atoms with Crippen molar-refractivity contribution in [2.45, 2.75) is 153 Å². The summed E-state index contributed by atoms with van der Waals surface area (Å²) < 4.78 is 11.0. The quantitative estimate of drug-likeness (QED) is 0.0231. The molecular formula is C61H83N11O14. The van der Waals surface area contributed by atoms with E-state index >= 15 is 0 Å². The van der Waals surface area contributed by atoms with Crippen LogP contribution in [0.15, 0.2) is 97.5 Å². The number of hydrogen-bond acceptors (Lipinski definition) is 15. The molecule has 8 amide bonds. The van der Waals surface area contributed by atoms with Crippen molar-refractivity contribution in [2.24, 2.45) is 11.7 Å². The van der Waals surface area contributed by atoms with E-state index in [-0.39, 0.29) is 57.1 Å². The number of phenols is 1. The van der Waals surface area contributed by atoms with Crippen molar-refractivity contribution in [3.05, 3.63) is 120 Å². The Morgan fingerprint density at radius 3 is 2.01 bits per heavy atom. The fourth-order valence-corrected chi connectivity index (χ4v) is 9.51. The van der Waals surface area contributed by atoms with Crippen LogP contribution in [0.3, 0.4) is 0 Å². The number of aromatic nitrogens is 2. The van der Waals surface area contributed by atoms with Gasteiger partial charge < -0.3 is 72.1 Å². The Hall–Kier alpha value is -8.87. The van der Waals surface area contributed by atoms with E-state index in [1.807, 2.05) is 6.07 Å². The van der Waals surface area contributed by atoms with Gasteiger partial charge in [0.1, 0.15) is 61.8 Å². The number of hydrogen-bond donors (Lipinski definition) is 10. The van der Waals surface area contributed by atoms with Gasteiger partial charge in [-0.2, -0.15) is 0 Å². The van der Waals surface area contributed by atoms with Crippen LogP contribution in [0.25, 0.3) is 0 Å². The molecule has 0 unspecified atom stereocenters. The number of likely N-dealkylation sites (N-methyl/N-ethyl adjacent to an activating group) is 1. The number of H-pyrrole nitrogens is 1. The normalized spacial score (nSPS) is 14.8. The van der Waals surface area contributed by atoms with Gasteiger partial charge in [0.2, 0.25) is 41.4 Å². The number of likely N-dealkylation sites (tertiary alicyclic amines) is 1. The Labute approximate surface area is 500 Å². The lowest BCUT2D eigenvalue weighted by Crippen LogP contribution is -2.61. The van der Waals surface area contributed by atoms with Crippen LogP contribution in [0.4, 0.5) is 4.79 Å². The molecule has 0 spiro atoms. The third-order valence-electron chi connectivity index (χ3n) is 14.6. The minimum atomic E-state index is -1.53. The van der Waals surface area contributed by atoms with Gasteiger partial charge >= 0.3 is 18.0 Å². The minimum Gasteiger partial charge on any atom is -0.508 e. The van der Waals surface area contributed by atoms with Crippen LogP contribution in [0.1, 0.15) is 113 Å². The van der Waals surface area contributed by atoms with Crippen LogP contribution in [-0.2, 0) is 78.7 Å². The first-order valence-corrected chi connectivity index (χ1v) is 29.2. The lowest BCUT2D eigenvalue weighted by molar-refractivity contribution is -0.150. The Morgan fingerprint density at radius 2 is 1.37 bits per heavy atom. The average Bonchev–Trinajstić information content (AvgIpc) is 3.74. The van der Waals surface area contributed by atoms with Crippen LogP contribution < -0.4 is 37.6 Å². The standard InChI is InChI=1S/C61H83N11O14/c1-4-40(2)54(70-56(79)48(33-41-24-26-45(73)27-25-41)68-55(78)46(28-29-53(76)77)66-52(75)36-71(3)61(84)86-38-43-19-10-6-11-20-43)58(81)69-49(34-44-35-63-39-65-44)59(82)72-32-16-22-50(72)57(80)67-47(60(83)85-37-42-17-8-5-9-18-42)21-13-15-31-64-51(74)23-12-7-14-30-62/h5-6,8-11,17-20,24-27,35,39-40,46-50,54,73H,4,7,12-16,21-23,28-34,36-38,62H2,1-3H3,(H,63,65)(H,64,74)(H,66,75)(H,67,80)(H,68,78)(H,69,81)(H,70,79)(H,76,77)/t40-,46-,47-,48-,49-,50-,54-/m0/s1. The first kappa shape index (κ1) is 67.9. The Morgan fingerprint density at radius 1 is 0.709 bits per heavy atom. The molecule has 86 heavy (non-hydrogen) atoms. The summed E-state index contributed by atoms with van der Waals surface area (Å²) in [6.07, 6.45) is 5.52. The number of carboxylic acid groups (broad SMARTS) is 1. The largest absolute Gasteiger partial charge is 0.508 e. The highest BCUT2D eigenvalue weighted by Crippen LogP contribution is 2.22. The second-order valence-electron chi connectivity index (χ2n) is 21.4. The van der Waals surface area contributed by atoms with E-state index in [1.54, 1.807) is 68.4 Å². The van der Waals surface area contributed by atoms with E-state index in [4.69, 9.17) is 15.2 Å². The zero-order valence-electron chi connectivity index (χ0n) is 49.1. The Kier molecular flexibility index (Phi) is 28.5. The monoisotopic (exact) mass is 1190 g/mol. The summed E-state index contributed by atoms with van der Waals surface area (Å²) in [5.74, 6) is -7.47. The molecule has 0 saturated carbocycles. The average molecular weight is 1190 g/mol. The molecule has 3 aromatic carbocycles. The van der Waals surface area contributed by atoms with Crippen LogP contribution in [-0.4, -0.2) is 159 Å². The number of unbranched alkanes of at least 4 members (excludes halogenated alkanes) is 3. The number of esters is 1. The Balaban J connectivity index is 1.31. The van der Waals surface area contributed by atoms with Crippen molar-refractivity contribution in [3.8, 4) is 5.75 Å². The number of rotatable bonds is 36. The number of benzene rings is 3. The maximum Gasteiger partial charge on any atom is 0.410 e. The zero-order chi connectivity index (χ0) is 62.4. The van der Waals surface area contributed by atoms with Gasteiger partial charge in [-0.05, 0) is 92.7 Å². The number of carboxylic acids is 1. The molecule has 1 saturated heterocycles. The number of aromatic hydroxyl groups is 1. The molecular weight excluding hydrogens is 1110 g/mol. The number of imidazole rings is 1. The maximum absolute atomic E-state index is 14.9. The molecule has 1 fully saturated rings. The summed E-state index contributed by atoms with van der Waals surface area (Å²) in [5.41, 5.74) is 7.90. The van der Waals surface area contributed by atoms with Crippen LogP contribution in [0, 0.1) is 5.92 Å². The molecule has 0 radical (unpaired) electrons. The van der Waals surface area contributed by atoms with Gasteiger partial charge in [0.25, 0.3) is 0 Å². The number of carbonyl (C=O) groups is 10. The third kappa shape index (κ3) is 23.3. The molecule has 25 heteroatoms. The molecule has 0 bridgehead atoms.